The lowest BCUT2D eigenvalue weighted by molar-refractivity contribution is -0.143. The van der Waals surface area contributed by atoms with E-state index >= 15 is 0 Å². The van der Waals surface area contributed by atoms with Crippen LogP contribution in [0.25, 0.3) is 0 Å². The molecule has 0 bridgehead atoms. The Morgan fingerprint density at radius 2 is 1.82 bits per heavy atom. The van der Waals surface area contributed by atoms with Gasteiger partial charge in [-0.25, -0.2) is 0 Å². The second-order valence-electron chi connectivity index (χ2n) is 8.64. The van der Waals surface area contributed by atoms with E-state index in [1.165, 1.54) is 0 Å². The minimum absolute atomic E-state index is 0.0299. The zero-order chi connectivity index (χ0) is 23.7. The van der Waals surface area contributed by atoms with Gasteiger partial charge < -0.3 is 11.1 Å². The predicted molar refractivity (Wildman–Crippen MR) is 121 cm³/mol. The molecular weight excluding hydrogens is 467 g/mol. The third kappa shape index (κ3) is 3.01. The molecule has 4 atom stereocenters. The Hall–Kier alpha value is -2.94. The molecular formula is C23H20Cl2N4O4. The minimum Gasteiger partial charge on any atom is -0.370 e. The second-order valence-corrected chi connectivity index (χ2v) is 9.45. The number of halogens is 2. The summed E-state index contributed by atoms with van der Waals surface area (Å²) in [4.78, 5) is 53.6. The Morgan fingerprint density at radius 1 is 1.09 bits per heavy atom. The molecule has 0 unspecified atom stereocenters. The van der Waals surface area contributed by atoms with E-state index in [0.717, 1.165) is 4.90 Å². The molecule has 3 heterocycles. The Bertz CT molecular complexity index is 1250. The molecule has 4 amide bonds. The van der Waals surface area contributed by atoms with Gasteiger partial charge in [0.2, 0.25) is 23.6 Å². The number of likely N-dealkylation sites (tertiary alicyclic amines) is 1. The standard InChI is InChI=1S/C23H20Cl2N4O4/c1-10-13(24)7-6-12-19(10)27-22(33)23(12)18-17(15(28-23)8-16(26)30)20(31)29(21(18)32)9-11-4-2-3-5-14(11)25/h2-7,15,17-18,28H,8-9H2,1H3,(H2,26,30)(H,27,33)/t15-,17-,18+,23+/m1/s1. The van der Waals surface area contributed by atoms with Crippen LogP contribution in [0.3, 0.4) is 0 Å². The van der Waals surface area contributed by atoms with Crippen molar-refractivity contribution in [2.75, 3.05) is 5.32 Å². The molecule has 4 N–H and O–H groups in total. The number of fused-ring (bicyclic) bond motifs is 4. The smallest absolute Gasteiger partial charge is 0.250 e. The highest BCUT2D eigenvalue weighted by Crippen LogP contribution is 2.54. The molecule has 2 aromatic rings. The third-order valence-electron chi connectivity index (χ3n) is 6.88. The number of nitrogens with one attached hydrogen (secondary N) is 2. The van der Waals surface area contributed by atoms with Gasteiger partial charge in [0.15, 0.2) is 0 Å². The van der Waals surface area contributed by atoms with Crippen LogP contribution in [0.5, 0.6) is 0 Å². The van der Waals surface area contributed by atoms with Gasteiger partial charge in [-0.05, 0) is 30.2 Å². The first-order chi connectivity index (χ1) is 15.7. The molecule has 2 fully saturated rings. The molecule has 3 aliphatic heterocycles. The molecule has 0 aromatic heterocycles. The Balaban J connectivity index is 1.63. The average Bonchev–Trinajstić information content (AvgIpc) is 3.33. The number of nitrogens with two attached hydrogens (primary N) is 1. The topological polar surface area (TPSA) is 122 Å². The van der Waals surface area contributed by atoms with Crippen molar-refractivity contribution in [1.82, 2.24) is 10.2 Å². The van der Waals surface area contributed by atoms with Crippen LogP contribution in [0, 0.1) is 18.8 Å². The van der Waals surface area contributed by atoms with Crippen molar-refractivity contribution in [3.05, 3.63) is 63.1 Å². The second kappa shape index (κ2) is 7.55. The Morgan fingerprint density at radius 3 is 2.52 bits per heavy atom. The number of imide groups is 1. The zero-order valence-corrected chi connectivity index (χ0v) is 19.0. The highest BCUT2D eigenvalue weighted by molar-refractivity contribution is 6.32. The SMILES string of the molecule is Cc1c(Cl)ccc2c1NC(=O)[C@]21N[C@H](CC(N)=O)[C@H]2C(=O)N(Cc3ccccc3Cl)C(=O)[C@H]21. The first-order valence-corrected chi connectivity index (χ1v) is 11.2. The molecule has 0 saturated carbocycles. The Labute approximate surface area is 199 Å². The van der Waals surface area contributed by atoms with E-state index in [2.05, 4.69) is 10.6 Å². The van der Waals surface area contributed by atoms with Crippen LogP contribution in [0.2, 0.25) is 10.0 Å². The molecule has 0 radical (unpaired) electrons. The van der Waals surface area contributed by atoms with E-state index in [0.29, 0.717) is 32.4 Å². The fraction of sp³-hybridized carbons (Fsp3) is 0.304. The van der Waals surface area contributed by atoms with Crippen LogP contribution in [0.1, 0.15) is 23.1 Å². The summed E-state index contributed by atoms with van der Waals surface area (Å²) in [5, 5.41) is 6.87. The lowest BCUT2D eigenvalue weighted by Gasteiger charge is -2.29. The van der Waals surface area contributed by atoms with Crippen molar-refractivity contribution < 1.29 is 19.2 Å². The van der Waals surface area contributed by atoms with E-state index in [1.807, 2.05) is 0 Å². The summed E-state index contributed by atoms with van der Waals surface area (Å²) in [6.45, 7) is 1.73. The molecule has 3 aliphatic rings. The monoisotopic (exact) mass is 486 g/mol. The summed E-state index contributed by atoms with van der Waals surface area (Å²) < 4.78 is 0. The number of primary amides is 1. The van der Waals surface area contributed by atoms with Gasteiger partial charge in [0.25, 0.3) is 0 Å². The summed E-state index contributed by atoms with van der Waals surface area (Å²) in [5.74, 6) is -4.05. The number of rotatable bonds is 4. The van der Waals surface area contributed by atoms with Gasteiger partial charge in [-0.1, -0.05) is 47.5 Å². The van der Waals surface area contributed by atoms with Gasteiger partial charge in [0.1, 0.15) is 5.54 Å². The van der Waals surface area contributed by atoms with Gasteiger partial charge >= 0.3 is 0 Å². The minimum atomic E-state index is -1.52. The van der Waals surface area contributed by atoms with Crippen LogP contribution in [0.4, 0.5) is 5.69 Å². The van der Waals surface area contributed by atoms with Crippen LogP contribution in [-0.4, -0.2) is 34.6 Å². The van der Waals surface area contributed by atoms with E-state index < -0.39 is 47.0 Å². The molecule has 0 aliphatic carbocycles. The van der Waals surface area contributed by atoms with Gasteiger partial charge in [-0.2, -0.15) is 0 Å². The van der Waals surface area contributed by atoms with Crippen molar-refractivity contribution in [1.29, 1.82) is 0 Å². The zero-order valence-electron chi connectivity index (χ0n) is 17.5. The first-order valence-electron chi connectivity index (χ1n) is 10.4. The lowest BCUT2D eigenvalue weighted by Crippen LogP contribution is -2.53. The average molecular weight is 487 g/mol. The number of hydrogen-bond donors (Lipinski definition) is 3. The largest absolute Gasteiger partial charge is 0.370 e. The lowest BCUT2D eigenvalue weighted by atomic mass is 9.76. The van der Waals surface area contributed by atoms with Gasteiger partial charge in [0, 0.05) is 28.1 Å². The van der Waals surface area contributed by atoms with Crippen LogP contribution in [-0.2, 0) is 31.3 Å². The fourth-order valence-corrected chi connectivity index (χ4v) is 5.75. The van der Waals surface area contributed by atoms with Crippen molar-refractivity contribution in [2.45, 2.75) is 31.5 Å². The number of hydrogen-bond acceptors (Lipinski definition) is 5. The third-order valence-corrected chi connectivity index (χ3v) is 7.66. The van der Waals surface area contributed by atoms with E-state index in [4.69, 9.17) is 28.9 Å². The van der Waals surface area contributed by atoms with Crippen LogP contribution >= 0.6 is 23.2 Å². The van der Waals surface area contributed by atoms with Gasteiger partial charge in [-0.3, -0.25) is 29.4 Å². The molecule has 33 heavy (non-hydrogen) atoms. The highest BCUT2D eigenvalue weighted by Gasteiger charge is 2.70. The number of anilines is 1. The molecule has 2 saturated heterocycles. The number of benzene rings is 2. The Kier molecular flexibility index (Phi) is 5.00. The number of amides is 4. The number of nitrogens with zero attached hydrogens (tertiary/aromatic N) is 1. The summed E-state index contributed by atoms with van der Waals surface area (Å²) in [5.41, 5.74) is 6.22. The normalized spacial score (nSPS) is 27.8. The van der Waals surface area contributed by atoms with E-state index in [9.17, 15) is 19.2 Å². The molecule has 2 aromatic carbocycles. The first kappa shape index (κ1) is 21.9. The summed E-state index contributed by atoms with van der Waals surface area (Å²) in [7, 11) is 0. The maximum atomic E-state index is 13.7. The molecule has 1 spiro atoms. The fourth-order valence-electron chi connectivity index (χ4n) is 5.39. The van der Waals surface area contributed by atoms with E-state index in [1.54, 1.807) is 43.3 Å². The van der Waals surface area contributed by atoms with Gasteiger partial charge in [0.05, 0.1) is 24.1 Å². The molecule has 10 heteroatoms. The van der Waals surface area contributed by atoms with Crippen molar-refractivity contribution in [3.8, 4) is 0 Å². The molecule has 170 valence electrons. The highest BCUT2D eigenvalue weighted by atomic mass is 35.5. The van der Waals surface area contributed by atoms with Crippen LogP contribution in [0.15, 0.2) is 36.4 Å². The summed E-state index contributed by atoms with van der Waals surface area (Å²) in [6, 6.07) is 9.46. The van der Waals surface area contributed by atoms with Crippen molar-refractivity contribution >= 4 is 52.5 Å². The number of carbonyl (C=O) groups excluding carboxylic acids is 4. The molecule has 5 rings (SSSR count). The number of carbonyl (C=O) groups is 4. The maximum absolute atomic E-state index is 13.7. The van der Waals surface area contributed by atoms with E-state index in [-0.39, 0.29) is 13.0 Å². The van der Waals surface area contributed by atoms with Gasteiger partial charge in [-0.15, -0.1) is 0 Å². The van der Waals surface area contributed by atoms with Crippen molar-refractivity contribution in [3.63, 3.8) is 0 Å². The quantitative estimate of drug-likeness (QED) is 0.571. The van der Waals surface area contributed by atoms with Crippen LogP contribution < -0.4 is 16.4 Å². The summed E-state index contributed by atoms with van der Waals surface area (Å²) >= 11 is 12.5. The maximum Gasteiger partial charge on any atom is 0.250 e. The summed E-state index contributed by atoms with van der Waals surface area (Å²) in [6.07, 6.45) is -0.197. The molecule has 8 nitrogen and oxygen atoms in total. The predicted octanol–water partition coefficient (Wildman–Crippen LogP) is 2.10. The van der Waals surface area contributed by atoms with Crippen molar-refractivity contribution in [2.24, 2.45) is 17.6 Å².